The minimum absolute atomic E-state index is 0.200. The summed E-state index contributed by atoms with van der Waals surface area (Å²) >= 11 is 0. The van der Waals surface area contributed by atoms with Gasteiger partial charge < -0.3 is 25.8 Å². The zero-order chi connectivity index (χ0) is 19.7. The Morgan fingerprint density at radius 2 is 1.96 bits per heavy atom. The monoisotopic (exact) mass is 387 g/mol. The zero-order valence-corrected chi connectivity index (χ0v) is 15.5. The molecule has 9 nitrogen and oxygen atoms in total. The first kappa shape index (κ1) is 19.1. The Labute approximate surface area is 162 Å². The smallest absolute Gasteiger partial charge is 0.189 e. The van der Waals surface area contributed by atoms with Crippen molar-refractivity contribution in [3.8, 4) is 11.8 Å². The number of nitrogens with zero attached hydrogens (tertiary/aromatic N) is 4. The number of ether oxygens (including phenoxy) is 1. The Morgan fingerprint density at radius 1 is 1.18 bits per heavy atom. The summed E-state index contributed by atoms with van der Waals surface area (Å²) in [5.74, 6) is 7.40. The SMILES string of the molecule is Nc1ncnc2c1nc(C#CCC1CCCCC1)n2[C@@H]1O[C@H](CO)C(O)C1O. The van der Waals surface area contributed by atoms with Gasteiger partial charge in [-0.2, -0.15) is 0 Å². The number of imidazole rings is 1. The van der Waals surface area contributed by atoms with Crippen LogP contribution >= 0.6 is 0 Å². The molecule has 0 radical (unpaired) electrons. The van der Waals surface area contributed by atoms with Crippen molar-refractivity contribution in [2.75, 3.05) is 12.3 Å². The Balaban J connectivity index is 1.70. The van der Waals surface area contributed by atoms with Crippen molar-refractivity contribution in [1.29, 1.82) is 0 Å². The van der Waals surface area contributed by atoms with Crippen LogP contribution < -0.4 is 5.73 Å². The van der Waals surface area contributed by atoms with Crippen molar-refractivity contribution in [3.05, 3.63) is 12.2 Å². The number of aliphatic hydroxyl groups is 3. The summed E-state index contributed by atoms with van der Waals surface area (Å²) in [5.41, 5.74) is 6.66. The highest BCUT2D eigenvalue weighted by atomic mass is 16.6. The van der Waals surface area contributed by atoms with E-state index in [0.717, 1.165) is 6.42 Å². The molecule has 0 amide bonds. The van der Waals surface area contributed by atoms with E-state index in [-0.39, 0.29) is 5.82 Å². The maximum Gasteiger partial charge on any atom is 0.189 e. The molecule has 2 aromatic heterocycles. The van der Waals surface area contributed by atoms with Gasteiger partial charge in [0, 0.05) is 6.42 Å². The van der Waals surface area contributed by atoms with Crippen molar-refractivity contribution in [3.63, 3.8) is 0 Å². The second-order valence-corrected chi connectivity index (χ2v) is 7.48. The highest BCUT2D eigenvalue weighted by molar-refractivity contribution is 5.82. The molecule has 2 aliphatic rings. The first-order chi connectivity index (χ1) is 13.6. The number of aromatic nitrogens is 4. The molecule has 9 heteroatoms. The number of nitrogen functional groups attached to an aromatic ring is 1. The maximum absolute atomic E-state index is 10.5. The molecule has 0 spiro atoms. The van der Waals surface area contributed by atoms with Gasteiger partial charge in [0.1, 0.15) is 24.6 Å². The number of hydrogen-bond donors (Lipinski definition) is 4. The molecule has 1 saturated heterocycles. The van der Waals surface area contributed by atoms with Crippen LogP contribution in [0.1, 0.15) is 50.6 Å². The summed E-state index contributed by atoms with van der Waals surface area (Å²) in [4.78, 5) is 12.6. The highest BCUT2D eigenvalue weighted by Crippen LogP contribution is 2.33. The van der Waals surface area contributed by atoms with Crippen LogP contribution in [0.25, 0.3) is 11.2 Å². The fourth-order valence-corrected chi connectivity index (χ4v) is 4.01. The van der Waals surface area contributed by atoms with Crippen molar-refractivity contribution >= 4 is 17.0 Å². The predicted octanol–water partition coefficient (Wildman–Crippen LogP) is 0.342. The van der Waals surface area contributed by atoms with Crippen LogP contribution in [0.2, 0.25) is 0 Å². The van der Waals surface area contributed by atoms with Crippen LogP contribution in [0.4, 0.5) is 5.82 Å². The van der Waals surface area contributed by atoms with Gasteiger partial charge in [0.05, 0.1) is 6.61 Å². The van der Waals surface area contributed by atoms with Gasteiger partial charge in [0.2, 0.25) is 0 Å². The molecule has 0 aromatic carbocycles. The largest absolute Gasteiger partial charge is 0.394 e. The third-order valence-electron chi connectivity index (χ3n) is 5.59. The van der Waals surface area contributed by atoms with E-state index >= 15 is 0 Å². The minimum atomic E-state index is -1.26. The molecule has 150 valence electrons. The number of anilines is 1. The molecule has 4 atom stereocenters. The molecule has 2 aromatic rings. The molecule has 5 N–H and O–H groups in total. The van der Waals surface area contributed by atoms with E-state index < -0.39 is 31.1 Å². The topological polar surface area (TPSA) is 140 Å². The summed E-state index contributed by atoms with van der Waals surface area (Å²) in [7, 11) is 0. The molecule has 2 unspecified atom stereocenters. The van der Waals surface area contributed by atoms with Gasteiger partial charge in [-0.25, -0.2) is 15.0 Å². The van der Waals surface area contributed by atoms with Crippen LogP contribution in [-0.2, 0) is 4.74 Å². The Bertz CT molecular complexity index is 899. The fraction of sp³-hybridized carbons (Fsp3) is 0.632. The second-order valence-electron chi connectivity index (χ2n) is 7.48. The molecule has 1 aliphatic heterocycles. The summed E-state index contributed by atoms with van der Waals surface area (Å²) in [6, 6.07) is 0. The molecule has 2 fully saturated rings. The number of rotatable bonds is 3. The van der Waals surface area contributed by atoms with Crippen molar-refractivity contribution in [2.24, 2.45) is 5.92 Å². The first-order valence-corrected chi connectivity index (χ1v) is 9.70. The van der Waals surface area contributed by atoms with Crippen LogP contribution in [0.5, 0.6) is 0 Å². The van der Waals surface area contributed by atoms with E-state index in [1.807, 2.05) is 0 Å². The van der Waals surface area contributed by atoms with Gasteiger partial charge in [-0.15, -0.1) is 0 Å². The molecule has 3 heterocycles. The van der Waals surface area contributed by atoms with Crippen molar-refractivity contribution in [2.45, 2.75) is 63.1 Å². The lowest BCUT2D eigenvalue weighted by Gasteiger charge is -2.19. The lowest BCUT2D eigenvalue weighted by molar-refractivity contribution is -0.0514. The molecule has 4 rings (SSSR count). The highest BCUT2D eigenvalue weighted by Gasteiger charge is 2.44. The zero-order valence-electron chi connectivity index (χ0n) is 15.5. The summed E-state index contributed by atoms with van der Waals surface area (Å²) in [6.07, 6.45) is 3.89. The van der Waals surface area contributed by atoms with E-state index in [9.17, 15) is 15.3 Å². The Morgan fingerprint density at radius 3 is 2.68 bits per heavy atom. The number of hydrogen-bond acceptors (Lipinski definition) is 8. The van der Waals surface area contributed by atoms with Gasteiger partial charge in [-0.3, -0.25) is 4.57 Å². The van der Waals surface area contributed by atoms with Crippen molar-refractivity contribution < 1.29 is 20.1 Å². The van der Waals surface area contributed by atoms with Crippen LogP contribution in [0.3, 0.4) is 0 Å². The third kappa shape index (κ3) is 3.44. The number of aliphatic hydroxyl groups excluding tert-OH is 3. The average Bonchev–Trinajstić information content (AvgIpc) is 3.21. The van der Waals surface area contributed by atoms with Gasteiger partial charge >= 0.3 is 0 Å². The van der Waals surface area contributed by atoms with Crippen LogP contribution in [-0.4, -0.2) is 59.8 Å². The third-order valence-corrected chi connectivity index (χ3v) is 5.59. The van der Waals surface area contributed by atoms with Gasteiger partial charge in [0.25, 0.3) is 0 Å². The van der Waals surface area contributed by atoms with E-state index in [4.69, 9.17) is 10.5 Å². The number of nitrogens with two attached hydrogens (primary N) is 1. The number of fused-ring (bicyclic) bond motifs is 1. The Hall–Kier alpha value is -2.25. The minimum Gasteiger partial charge on any atom is -0.394 e. The quantitative estimate of drug-likeness (QED) is 0.553. The fourth-order valence-electron chi connectivity index (χ4n) is 4.01. The lowest BCUT2D eigenvalue weighted by Crippen LogP contribution is -2.33. The second kappa shape index (κ2) is 8.01. The predicted molar refractivity (Wildman–Crippen MR) is 101 cm³/mol. The van der Waals surface area contributed by atoms with Gasteiger partial charge in [-0.1, -0.05) is 25.2 Å². The van der Waals surface area contributed by atoms with E-state index in [1.165, 1.54) is 43.0 Å². The normalized spacial score (nSPS) is 28.4. The average molecular weight is 387 g/mol. The molecule has 28 heavy (non-hydrogen) atoms. The molecular weight excluding hydrogens is 362 g/mol. The molecule has 1 saturated carbocycles. The maximum atomic E-state index is 10.5. The van der Waals surface area contributed by atoms with Gasteiger partial charge in [-0.05, 0) is 24.7 Å². The summed E-state index contributed by atoms with van der Waals surface area (Å²) < 4.78 is 7.20. The van der Waals surface area contributed by atoms with E-state index in [1.54, 1.807) is 0 Å². The van der Waals surface area contributed by atoms with Crippen LogP contribution in [0, 0.1) is 17.8 Å². The standard InChI is InChI=1S/C19H25N5O4/c20-17-14-18(22-10-21-17)24(19-16(27)15(26)12(9-25)28-19)13(23-14)8-4-7-11-5-2-1-3-6-11/h10-12,15-16,19,25-27H,1-3,5-7,9H2,(H2,20,21,22)/t12-,15?,16?,19-/m1/s1. The van der Waals surface area contributed by atoms with E-state index in [2.05, 4.69) is 26.8 Å². The molecule has 1 aliphatic carbocycles. The van der Waals surface area contributed by atoms with Crippen LogP contribution in [0.15, 0.2) is 6.33 Å². The van der Waals surface area contributed by atoms with E-state index in [0.29, 0.717) is 22.9 Å². The molecular formula is C19H25N5O4. The Kier molecular flexibility index (Phi) is 5.46. The van der Waals surface area contributed by atoms with Gasteiger partial charge in [0.15, 0.2) is 29.0 Å². The summed E-state index contributed by atoms with van der Waals surface area (Å²) in [5, 5.41) is 30.0. The lowest BCUT2D eigenvalue weighted by atomic mass is 9.87. The molecule has 0 bridgehead atoms. The van der Waals surface area contributed by atoms with Crippen molar-refractivity contribution in [1.82, 2.24) is 19.5 Å². The summed E-state index contributed by atoms with van der Waals surface area (Å²) in [6.45, 7) is -0.416. The first-order valence-electron chi connectivity index (χ1n) is 9.70.